The molecule has 0 aromatic carbocycles. The highest BCUT2D eigenvalue weighted by atomic mass is 31.2. The monoisotopic (exact) mass is 502 g/mol. The zero-order valence-corrected chi connectivity index (χ0v) is 17.0. The number of rotatable bonds is 6. The molecule has 0 aliphatic heterocycles. The third-order valence-corrected chi connectivity index (χ3v) is 5.96. The van der Waals surface area contributed by atoms with E-state index in [0.29, 0.717) is 0 Å². The van der Waals surface area contributed by atoms with E-state index < -0.39 is 88.9 Å². The van der Waals surface area contributed by atoms with Crippen molar-refractivity contribution < 1.29 is 83.3 Å². The molecule has 0 aromatic rings. The highest BCUT2D eigenvalue weighted by Gasteiger charge is 2.57. The van der Waals surface area contributed by atoms with Gasteiger partial charge in [0.2, 0.25) is 0 Å². The third-order valence-electron chi connectivity index (χ3n) is 4.93. The molecule has 12 unspecified atom stereocenters. The first kappa shape index (κ1) is 27.1. The zero-order chi connectivity index (χ0) is 24.0. The Bertz CT molecular complexity index is 651. The molecule has 2 aliphatic rings. The maximum Gasteiger partial charge on any atom is 0.470 e. The van der Waals surface area contributed by atoms with Crippen LogP contribution in [0.5, 0.6) is 0 Å². The predicted molar refractivity (Wildman–Crippen MR) is 90.5 cm³/mol. The summed E-state index contributed by atoms with van der Waals surface area (Å²) in [6, 6.07) is 0. The summed E-state index contributed by atoms with van der Waals surface area (Å²) in [4.78, 5) is 36.1. The minimum Gasteiger partial charge on any atom is -0.387 e. The second-order valence-corrected chi connectivity index (χ2v) is 9.50. The van der Waals surface area contributed by atoms with Crippen molar-refractivity contribution >= 4 is 15.6 Å². The third kappa shape index (κ3) is 6.06. The fourth-order valence-corrected chi connectivity index (χ4v) is 4.55. The van der Waals surface area contributed by atoms with Crippen molar-refractivity contribution in [2.24, 2.45) is 0 Å². The van der Waals surface area contributed by atoms with Crippen LogP contribution >= 0.6 is 15.6 Å². The lowest BCUT2D eigenvalue weighted by Gasteiger charge is -2.48. The van der Waals surface area contributed by atoms with Crippen LogP contribution in [0.15, 0.2) is 0 Å². The van der Waals surface area contributed by atoms with E-state index in [1.54, 1.807) is 0 Å². The van der Waals surface area contributed by atoms with Crippen LogP contribution in [0.1, 0.15) is 0 Å². The predicted octanol–water partition coefficient (Wildman–Crippen LogP) is -6.39. The van der Waals surface area contributed by atoms with E-state index in [0.717, 1.165) is 0 Å². The van der Waals surface area contributed by atoms with Gasteiger partial charge in [0.05, 0.1) is 0 Å². The van der Waals surface area contributed by atoms with E-state index in [1.807, 2.05) is 0 Å². The summed E-state index contributed by atoms with van der Waals surface area (Å²) in [7, 11) is -10.9. The highest BCUT2D eigenvalue weighted by Crippen LogP contribution is 2.45. The molecule has 184 valence electrons. The molecular formula is C12H24O17P2. The van der Waals surface area contributed by atoms with Crippen LogP contribution in [0.2, 0.25) is 0 Å². The average molecular weight is 502 g/mol. The molecular weight excluding hydrogens is 478 g/mol. The Morgan fingerprint density at radius 2 is 0.645 bits per heavy atom. The number of phosphoric ester groups is 2. The van der Waals surface area contributed by atoms with Crippen LogP contribution in [0.4, 0.5) is 0 Å². The smallest absolute Gasteiger partial charge is 0.387 e. The van der Waals surface area contributed by atoms with Gasteiger partial charge in [-0.2, -0.15) is 0 Å². The number of aliphatic hydroxyl groups is 8. The Morgan fingerprint density at radius 3 is 0.871 bits per heavy atom. The Balaban J connectivity index is 2.44. The first-order valence-electron chi connectivity index (χ1n) is 8.54. The summed E-state index contributed by atoms with van der Waals surface area (Å²) in [5.74, 6) is 0. The normalized spacial score (nSPS) is 47.4. The van der Waals surface area contributed by atoms with Crippen LogP contribution in [-0.4, -0.2) is 134 Å². The van der Waals surface area contributed by atoms with Crippen molar-refractivity contribution in [1.29, 1.82) is 0 Å². The van der Waals surface area contributed by atoms with E-state index in [2.05, 4.69) is 9.05 Å². The SMILES string of the molecule is O=P(O)(O)OC1C(O)C(O)C(O)C(O)C1OC1C(O)C(O)C(O)C(O)C1OP(=O)(O)O. The molecule has 17 nitrogen and oxygen atoms in total. The standard InChI is InChI=1S/C12H24O17P2/c13-1-3(15)7(19)11(28-30(21,22)23)9(5(1)17)27-10-6(18)2(14)4(16)8(20)12(10)29-31(24,25)26/h1-20H,(H2,21,22,23)(H2,24,25,26). The average Bonchev–Trinajstić information content (AvgIpc) is 2.64. The Labute approximate surface area is 173 Å². The Hall–Kier alpha value is -0.140. The second-order valence-electron chi connectivity index (χ2n) is 7.11. The van der Waals surface area contributed by atoms with Gasteiger partial charge >= 0.3 is 15.6 Å². The fraction of sp³-hybridized carbons (Fsp3) is 1.00. The van der Waals surface area contributed by atoms with Crippen molar-refractivity contribution in [1.82, 2.24) is 0 Å². The molecule has 0 bridgehead atoms. The van der Waals surface area contributed by atoms with Gasteiger partial charge in [0.1, 0.15) is 73.2 Å². The van der Waals surface area contributed by atoms with Gasteiger partial charge in [0.15, 0.2) is 0 Å². The molecule has 0 heterocycles. The summed E-state index contributed by atoms with van der Waals surface area (Å²) < 4.78 is 36.2. The summed E-state index contributed by atoms with van der Waals surface area (Å²) >= 11 is 0. The molecule has 0 amide bonds. The number of hydrogen-bond acceptors (Lipinski definition) is 13. The van der Waals surface area contributed by atoms with E-state index in [9.17, 15) is 50.0 Å². The highest BCUT2D eigenvalue weighted by molar-refractivity contribution is 7.46. The number of phosphoric acid groups is 2. The minimum absolute atomic E-state index is 2.19. The van der Waals surface area contributed by atoms with Gasteiger partial charge in [0.25, 0.3) is 0 Å². The van der Waals surface area contributed by atoms with Crippen molar-refractivity contribution in [3.05, 3.63) is 0 Å². The van der Waals surface area contributed by atoms with Crippen LogP contribution in [0.25, 0.3) is 0 Å². The van der Waals surface area contributed by atoms with Crippen molar-refractivity contribution in [3.63, 3.8) is 0 Å². The van der Waals surface area contributed by atoms with E-state index in [4.69, 9.17) is 24.3 Å². The first-order valence-corrected chi connectivity index (χ1v) is 11.6. The molecule has 0 saturated heterocycles. The van der Waals surface area contributed by atoms with Gasteiger partial charge in [-0.15, -0.1) is 0 Å². The van der Waals surface area contributed by atoms with Gasteiger partial charge in [-0.3, -0.25) is 9.05 Å². The lowest BCUT2D eigenvalue weighted by molar-refractivity contribution is -0.285. The van der Waals surface area contributed by atoms with Crippen molar-refractivity contribution in [2.45, 2.75) is 73.2 Å². The largest absolute Gasteiger partial charge is 0.470 e. The lowest BCUT2D eigenvalue weighted by atomic mass is 9.82. The molecule has 2 fully saturated rings. The summed E-state index contributed by atoms with van der Waals surface area (Å²) in [6.07, 6.45) is -27.0. The van der Waals surface area contributed by atoms with Gasteiger partial charge in [-0.05, 0) is 0 Å². The van der Waals surface area contributed by atoms with Gasteiger partial charge in [-0.1, -0.05) is 0 Å². The zero-order valence-electron chi connectivity index (χ0n) is 15.2. The summed E-state index contributed by atoms with van der Waals surface area (Å²) in [5.41, 5.74) is 0. The van der Waals surface area contributed by atoms with Gasteiger partial charge in [-0.25, -0.2) is 9.13 Å². The van der Waals surface area contributed by atoms with E-state index in [1.165, 1.54) is 0 Å². The van der Waals surface area contributed by atoms with Crippen LogP contribution in [-0.2, 0) is 22.9 Å². The van der Waals surface area contributed by atoms with Crippen molar-refractivity contribution in [2.75, 3.05) is 0 Å². The van der Waals surface area contributed by atoms with E-state index >= 15 is 0 Å². The number of aliphatic hydroxyl groups excluding tert-OH is 8. The molecule has 0 radical (unpaired) electrons. The molecule has 31 heavy (non-hydrogen) atoms. The maximum atomic E-state index is 11.2. The molecule has 2 saturated carbocycles. The molecule has 2 rings (SSSR count). The molecule has 0 aromatic heterocycles. The van der Waals surface area contributed by atoms with Gasteiger partial charge in [0, 0.05) is 0 Å². The van der Waals surface area contributed by atoms with E-state index in [-0.39, 0.29) is 0 Å². The fourth-order valence-electron chi connectivity index (χ4n) is 3.42. The molecule has 12 atom stereocenters. The van der Waals surface area contributed by atoms with Crippen molar-refractivity contribution in [3.8, 4) is 0 Å². The summed E-state index contributed by atoms with van der Waals surface area (Å²) in [5, 5.41) is 79.6. The minimum atomic E-state index is -5.43. The van der Waals surface area contributed by atoms with Crippen LogP contribution < -0.4 is 0 Å². The van der Waals surface area contributed by atoms with Gasteiger partial charge < -0.3 is 65.2 Å². The van der Waals surface area contributed by atoms with Crippen LogP contribution in [0, 0.1) is 0 Å². The lowest BCUT2D eigenvalue weighted by Crippen LogP contribution is -2.69. The topological polar surface area (TPSA) is 305 Å². The quantitative estimate of drug-likeness (QED) is 0.150. The summed E-state index contributed by atoms with van der Waals surface area (Å²) in [6.45, 7) is 0. The second kappa shape index (κ2) is 9.61. The first-order chi connectivity index (χ1) is 14.0. The molecule has 19 heteroatoms. The number of ether oxygens (including phenoxy) is 1. The number of hydrogen-bond donors (Lipinski definition) is 12. The molecule has 12 N–H and O–H groups in total. The molecule has 2 aliphatic carbocycles. The molecule has 0 spiro atoms. The van der Waals surface area contributed by atoms with Crippen LogP contribution in [0.3, 0.4) is 0 Å². The maximum absolute atomic E-state index is 11.2. The Morgan fingerprint density at radius 1 is 0.419 bits per heavy atom. The Kier molecular flexibility index (Phi) is 8.41.